The van der Waals surface area contributed by atoms with E-state index >= 15 is 0 Å². The first-order chi connectivity index (χ1) is 11.0. The van der Waals surface area contributed by atoms with Gasteiger partial charge in [0, 0.05) is 18.7 Å². The van der Waals surface area contributed by atoms with Crippen LogP contribution >= 0.6 is 23.1 Å². The van der Waals surface area contributed by atoms with Crippen LogP contribution in [0.15, 0.2) is 22.5 Å². The Balaban J connectivity index is 1.67. The van der Waals surface area contributed by atoms with Crippen LogP contribution in [0.5, 0.6) is 0 Å². The maximum atomic E-state index is 12.6. The summed E-state index contributed by atoms with van der Waals surface area (Å²) in [6, 6.07) is 5.90. The van der Waals surface area contributed by atoms with Gasteiger partial charge in [-0.25, -0.2) is 0 Å². The highest BCUT2D eigenvalue weighted by atomic mass is 32.2. The zero-order valence-electron chi connectivity index (χ0n) is 13.7. The molecule has 0 unspecified atom stereocenters. The summed E-state index contributed by atoms with van der Waals surface area (Å²) in [4.78, 5) is 14.9. The lowest BCUT2D eigenvalue weighted by atomic mass is 10.0. The lowest BCUT2D eigenvalue weighted by Gasteiger charge is -2.11. The number of anilines is 1. The van der Waals surface area contributed by atoms with Crippen molar-refractivity contribution >= 4 is 34.0 Å². The van der Waals surface area contributed by atoms with Crippen molar-refractivity contribution in [2.24, 2.45) is 0 Å². The summed E-state index contributed by atoms with van der Waals surface area (Å²) >= 11 is 3.10. The van der Waals surface area contributed by atoms with Crippen molar-refractivity contribution in [2.75, 3.05) is 18.0 Å². The van der Waals surface area contributed by atoms with E-state index < -0.39 is 0 Å². The fraction of sp³-hybridized carbons (Fsp3) is 0.471. The molecule has 0 aliphatic carbocycles. The van der Waals surface area contributed by atoms with E-state index in [9.17, 15) is 4.79 Å². The van der Waals surface area contributed by atoms with Gasteiger partial charge in [-0.2, -0.15) is 0 Å². The summed E-state index contributed by atoms with van der Waals surface area (Å²) in [6.45, 7) is 8.17. The van der Waals surface area contributed by atoms with Gasteiger partial charge in [-0.3, -0.25) is 4.79 Å². The number of aryl methyl sites for hydroxylation is 2. The first-order valence-electron chi connectivity index (χ1n) is 7.91. The highest BCUT2D eigenvalue weighted by Crippen LogP contribution is 2.33. The molecule has 2 heterocycles. The number of ketones is 1. The first kappa shape index (κ1) is 16.5. The normalized spacial score (nSPS) is 15.9. The minimum atomic E-state index is -0.156. The zero-order valence-corrected chi connectivity index (χ0v) is 15.3. The summed E-state index contributed by atoms with van der Waals surface area (Å²) in [6.07, 6.45) is 2.45. The Morgan fingerprint density at radius 3 is 2.65 bits per heavy atom. The molecule has 1 fully saturated rings. The molecule has 1 aromatic carbocycles. The predicted molar refractivity (Wildman–Crippen MR) is 96.9 cm³/mol. The third kappa shape index (κ3) is 3.75. The number of carbonyl (C=O) groups is 1. The third-order valence-corrected chi connectivity index (χ3v) is 6.38. The van der Waals surface area contributed by atoms with E-state index in [1.54, 1.807) is 11.3 Å². The zero-order chi connectivity index (χ0) is 16.4. The van der Waals surface area contributed by atoms with Gasteiger partial charge in [-0.05, 0) is 50.8 Å². The molecule has 4 nitrogen and oxygen atoms in total. The number of hydrogen-bond donors (Lipinski definition) is 0. The van der Waals surface area contributed by atoms with Crippen molar-refractivity contribution in [1.82, 2.24) is 10.2 Å². The van der Waals surface area contributed by atoms with Gasteiger partial charge in [-0.15, -0.1) is 10.2 Å². The molecule has 0 radical (unpaired) electrons. The Morgan fingerprint density at radius 2 is 1.96 bits per heavy atom. The molecule has 0 spiro atoms. The second kappa shape index (κ2) is 7.01. The van der Waals surface area contributed by atoms with E-state index in [0.29, 0.717) is 0 Å². The summed E-state index contributed by atoms with van der Waals surface area (Å²) < 4.78 is 0.872. The minimum Gasteiger partial charge on any atom is -0.347 e. The van der Waals surface area contributed by atoms with E-state index in [-0.39, 0.29) is 11.0 Å². The number of benzene rings is 1. The van der Waals surface area contributed by atoms with Gasteiger partial charge in [0.25, 0.3) is 0 Å². The average Bonchev–Trinajstić information content (AvgIpc) is 3.20. The number of Topliss-reactive ketones (excluding diaryl/α,β-unsaturated/α-hetero) is 1. The van der Waals surface area contributed by atoms with Crippen molar-refractivity contribution < 1.29 is 4.79 Å². The molecule has 23 heavy (non-hydrogen) atoms. The van der Waals surface area contributed by atoms with Gasteiger partial charge in [-0.1, -0.05) is 35.2 Å². The van der Waals surface area contributed by atoms with Crippen LogP contribution in [-0.4, -0.2) is 34.3 Å². The number of carbonyl (C=O) groups excluding carboxylic acids is 1. The van der Waals surface area contributed by atoms with Gasteiger partial charge in [0.15, 0.2) is 10.1 Å². The minimum absolute atomic E-state index is 0.149. The van der Waals surface area contributed by atoms with E-state index in [1.165, 1.54) is 30.2 Å². The molecule has 0 N–H and O–H groups in total. The number of rotatable bonds is 5. The Labute approximate surface area is 145 Å². The van der Waals surface area contributed by atoms with Gasteiger partial charge < -0.3 is 4.90 Å². The molecular weight excluding hydrogens is 326 g/mol. The highest BCUT2D eigenvalue weighted by Gasteiger charge is 2.21. The van der Waals surface area contributed by atoms with E-state index in [0.717, 1.165) is 33.7 Å². The van der Waals surface area contributed by atoms with Gasteiger partial charge in [0.05, 0.1) is 5.25 Å². The molecule has 6 heteroatoms. The van der Waals surface area contributed by atoms with E-state index in [4.69, 9.17) is 0 Å². The van der Waals surface area contributed by atoms with Gasteiger partial charge in [0.1, 0.15) is 0 Å². The smallest absolute Gasteiger partial charge is 0.209 e. The van der Waals surface area contributed by atoms with Crippen molar-refractivity contribution in [3.63, 3.8) is 0 Å². The second-order valence-corrected chi connectivity index (χ2v) is 8.51. The van der Waals surface area contributed by atoms with Crippen LogP contribution in [0.25, 0.3) is 0 Å². The quantitative estimate of drug-likeness (QED) is 0.601. The Hall–Kier alpha value is -1.40. The molecular formula is C17H21N3OS2. The number of nitrogens with zero attached hydrogens (tertiary/aromatic N) is 3. The molecule has 122 valence electrons. The van der Waals surface area contributed by atoms with Crippen molar-refractivity contribution in [3.8, 4) is 0 Å². The summed E-state index contributed by atoms with van der Waals surface area (Å²) in [5.74, 6) is 0.149. The van der Waals surface area contributed by atoms with Crippen LogP contribution in [0, 0.1) is 13.8 Å². The van der Waals surface area contributed by atoms with Gasteiger partial charge >= 0.3 is 0 Å². The average molecular weight is 348 g/mol. The van der Waals surface area contributed by atoms with Crippen LogP contribution in [0.4, 0.5) is 5.13 Å². The van der Waals surface area contributed by atoms with Crippen LogP contribution in [0.1, 0.15) is 41.3 Å². The first-order valence-corrected chi connectivity index (χ1v) is 9.61. The Morgan fingerprint density at radius 1 is 1.22 bits per heavy atom. The fourth-order valence-corrected chi connectivity index (χ4v) is 4.73. The second-order valence-electron chi connectivity index (χ2n) is 5.97. The maximum Gasteiger partial charge on any atom is 0.209 e. The highest BCUT2D eigenvalue weighted by molar-refractivity contribution is 8.02. The molecule has 1 aliphatic heterocycles. The summed E-state index contributed by atoms with van der Waals surface area (Å²) in [5, 5.41) is 9.34. The molecule has 0 saturated carbocycles. The number of aromatic nitrogens is 2. The van der Waals surface area contributed by atoms with Crippen LogP contribution < -0.4 is 4.90 Å². The molecule has 1 aromatic heterocycles. The predicted octanol–water partition coefficient (Wildman–Crippen LogP) is 4.12. The summed E-state index contributed by atoms with van der Waals surface area (Å²) in [7, 11) is 0. The van der Waals surface area contributed by atoms with E-state index in [2.05, 4.69) is 22.0 Å². The monoisotopic (exact) mass is 347 g/mol. The Bertz CT molecular complexity index is 708. The standard InChI is InChI=1S/C17H21N3OS2/c1-11-6-7-14(10-12(11)2)15(21)13(3)22-17-19-18-16(23-17)20-8-4-5-9-20/h6-7,10,13H,4-5,8-9H2,1-3H3/t13-/m0/s1. The molecule has 1 aliphatic rings. The molecule has 2 aromatic rings. The molecule has 0 bridgehead atoms. The Kier molecular flexibility index (Phi) is 5.02. The molecule has 0 amide bonds. The van der Waals surface area contributed by atoms with Crippen molar-refractivity contribution in [1.29, 1.82) is 0 Å². The topological polar surface area (TPSA) is 46.1 Å². The van der Waals surface area contributed by atoms with Crippen molar-refractivity contribution in [2.45, 2.75) is 43.2 Å². The molecule has 3 rings (SSSR count). The summed E-state index contributed by atoms with van der Waals surface area (Å²) in [5.41, 5.74) is 3.14. The van der Waals surface area contributed by atoms with E-state index in [1.807, 2.05) is 32.0 Å². The number of hydrogen-bond acceptors (Lipinski definition) is 6. The third-order valence-electron chi connectivity index (χ3n) is 4.21. The van der Waals surface area contributed by atoms with Crippen molar-refractivity contribution in [3.05, 3.63) is 34.9 Å². The molecule has 1 saturated heterocycles. The van der Waals surface area contributed by atoms with Crippen LogP contribution in [0.2, 0.25) is 0 Å². The van der Waals surface area contributed by atoms with Gasteiger partial charge in [0.2, 0.25) is 5.13 Å². The SMILES string of the molecule is Cc1ccc(C(=O)[C@H](C)Sc2nnc(N3CCCC3)s2)cc1C. The van der Waals surface area contributed by atoms with Crippen LogP contribution in [0.3, 0.4) is 0 Å². The number of thioether (sulfide) groups is 1. The molecule has 1 atom stereocenters. The fourth-order valence-electron chi connectivity index (χ4n) is 2.62. The van der Waals surface area contributed by atoms with Crippen LogP contribution in [-0.2, 0) is 0 Å². The lowest BCUT2D eigenvalue weighted by Crippen LogP contribution is -2.17. The maximum absolute atomic E-state index is 12.6. The lowest BCUT2D eigenvalue weighted by molar-refractivity contribution is 0.0994. The largest absolute Gasteiger partial charge is 0.347 e.